The lowest BCUT2D eigenvalue weighted by Gasteiger charge is -2.24. The van der Waals surface area contributed by atoms with E-state index in [0.29, 0.717) is 5.75 Å². The second-order valence-corrected chi connectivity index (χ2v) is 5.36. The predicted molar refractivity (Wildman–Crippen MR) is 72.1 cm³/mol. The van der Waals surface area contributed by atoms with E-state index in [0.717, 1.165) is 28.4 Å². The van der Waals surface area contributed by atoms with E-state index < -0.39 is 0 Å². The number of hydrogen-bond donors (Lipinski definition) is 0. The van der Waals surface area contributed by atoms with Crippen LogP contribution in [0.25, 0.3) is 0 Å². The van der Waals surface area contributed by atoms with E-state index >= 15 is 0 Å². The number of halogens is 1. The number of Topliss-reactive ketones (excluding diaryl/α,β-unsaturated/α-hetero) is 1. The van der Waals surface area contributed by atoms with Crippen LogP contribution in [0.1, 0.15) is 46.8 Å². The zero-order valence-corrected chi connectivity index (χ0v) is 12.1. The van der Waals surface area contributed by atoms with E-state index in [-0.39, 0.29) is 5.78 Å². The number of rotatable bonds is 2. The fraction of sp³-hybridized carbons (Fsp3) is 0.500. The lowest BCUT2D eigenvalue weighted by atomic mass is 9.85. The summed E-state index contributed by atoms with van der Waals surface area (Å²) in [5.74, 6) is 0.782. The molecule has 1 aliphatic rings. The molecule has 3 heteroatoms. The normalized spacial score (nSPS) is 14.4. The van der Waals surface area contributed by atoms with Gasteiger partial charge in [0, 0.05) is 0 Å². The first kappa shape index (κ1) is 12.6. The van der Waals surface area contributed by atoms with E-state index in [4.69, 9.17) is 4.74 Å². The molecule has 2 rings (SSSR count). The highest BCUT2D eigenvalue weighted by Crippen LogP contribution is 2.41. The lowest BCUT2D eigenvalue weighted by Crippen LogP contribution is -2.12. The van der Waals surface area contributed by atoms with Gasteiger partial charge in [-0.3, -0.25) is 4.79 Å². The average Bonchev–Trinajstić information content (AvgIpc) is 2.33. The summed E-state index contributed by atoms with van der Waals surface area (Å²) in [7, 11) is 1.63. The molecule has 17 heavy (non-hydrogen) atoms. The molecule has 1 aliphatic carbocycles. The summed E-state index contributed by atoms with van der Waals surface area (Å²) in [4.78, 5) is 11.8. The van der Waals surface area contributed by atoms with Crippen LogP contribution >= 0.6 is 15.9 Å². The largest absolute Gasteiger partial charge is 0.495 e. The van der Waals surface area contributed by atoms with Crippen molar-refractivity contribution < 1.29 is 9.53 Å². The number of fused-ring (bicyclic) bond motifs is 1. The molecule has 0 amide bonds. The van der Waals surface area contributed by atoms with E-state index in [1.54, 1.807) is 14.0 Å². The van der Waals surface area contributed by atoms with Crippen molar-refractivity contribution in [1.29, 1.82) is 0 Å². The summed E-state index contributed by atoms with van der Waals surface area (Å²) >= 11 is 3.60. The Hall–Kier alpha value is -0.830. The minimum atomic E-state index is 0.0772. The summed E-state index contributed by atoms with van der Waals surface area (Å²) in [6, 6.07) is 0. The van der Waals surface area contributed by atoms with Crippen LogP contribution in [0.2, 0.25) is 0 Å². The van der Waals surface area contributed by atoms with Crippen molar-refractivity contribution in [3.05, 3.63) is 26.7 Å². The molecule has 1 aromatic rings. The number of methoxy groups -OCH3 is 1. The molecule has 0 heterocycles. The Kier molecular flexibility index (Phi) is 3.57. The third kappa shape index (κ3) is 2.01. The molecule has 0 unspecified atom stereocenters. The number of hydrogen-bond acceptors (Lipinski definition) is 2. The van der Waals surface area contributed by atoms with Gasteiger partial charge < -0.3 is 4.74 Å². The zero-order chi connectivity index (χ0) is 12.6. The lowest BCUT2D eigenvalue weighted by molar-refractivity contribution is 0.101. The first-order chi connectivity index (χ1) is 8.07. The van der Waals surface area contributed by atoms with Gasteiger partial charge in [-0.15, -0.1) is 0 Å². The van der Waals surface area contributed by atoms with Gasteiger partial charge in [0.1, 0.15) is 5.75 Å². The molecule has 0 fully saturated rings. The molecule has 0 aliphatic heterocycles. The van der Waals surface area contributed by atoms with E-state index in [1.165, 1.54) is 24.0 Å². The van der Waals surface area contributed by atoms with Gasteiger partial charge in [-0.2, -0.15) is 0 Å². The maximum Gasteiger partial charge on any atom is 0.163 e. The number of carbonyl (C=O) groups excluding carboxylic acids is 1. The Balaban J connectivity index is 2.76. The topological polar surface area (TPSA) is 26.3 Å². The fourth-order valence-electron chi connectivity index (χ4n) is 2.74. The van der Waals surface area contributed by atoms with Crippen molar-refractivity contribution in [2.45, 2.75) is 39.5 Å². The molecular formula is C14H17BrO2. The minimum absolute atomic E-state index is 0.0772. The minimum Gasteiger partial charge on any atom is -0.495 e. The Morgan fingerprint density at radius 2 is 1.82 bits per heavy atom. The quantitative estimate of drug-likeness (QED) is 0.775. The number of ketones is 1. The second-order valence-electron chi connectivity index (χ2n) is 4.57. The van der Waals surface area contributed by atoms with Gasteiger partial charge in [-0.1, -0.05) is 0 Å². The molecule has 2 nitrogen and oxygen atoms in total. The van der Waals surface area contributed by atoms with Crippen LogP contribution in [0.3, 0.4) is 0 Å². The molecule has 0 radical (unpaired) electrons. The molecule has 1 aromatic carbocycles. The van der Waals surface area contributed by atoms with Crippen LogP contribution in [0.15, 0.2) is 4.47 Å². The average molecular weight is 297 g/mol. The van der Waals surface area contributed by atoms with Crippen molar-refractivity contribution in [2.75, 3.05) is 7.11 Å². The summed E-state index contributed by atoms with van der Waals surface area (Å²) in [5, 5.41) is 0. The second kappa shape index (κ2) is 4.81. The highest BCUT2D eigenvalue weighted by molar-refractivity contribution is 9.10. The first-order valence-electron chi connectivity index (χ1n) is 5.96. The number of ether oxygens (including phenoxy) is 1. The van der Waals surface area contributed by atoms with Crippen LogP contribution in [0.5, 0.6) is 5.75 Å². The van der Waals surface area contributed by atoms with Crippen molar-refractivity contribution in [2.24, 2.45) is 0 Å². The molecule has 0 atom stereocenters. The molecule has 92 valence electrons. The van der Waals surface area contributed by atoms with Crippen molar-refractivity contribution >= 4 is 21.7 Å². The van der Waals surface area contributed by atoms with Gasteiger partial charge in [0.2, 0.25) is 0 Å². The Morgan fingerprint density at radius 1 is 1.24 bits per heavy atom. The maximum absolute atomic E-state index is 11.8. The van der Waals surface area contributed by atoms with Crippen molar-refractivity contribution in [1.82, 2.24) is 0 Å². The van der Waals surface area contributed by atoms with E-state index in [9.17, 15) is 4.79 Å². The third-order valence-corrected chi connectivity index (χ3v) is 4.38. The third-order valence-electron chi connectivity index (χ3n) is 3.54. The van der Waals surface area contributed by atoms with Crippen LogP contribution in [-0.4, -0.2) is 12.9 Å². The van der Waals surface area contributed by atoms with Gasteiger partial charge in [0.25, 0.3) is 0 Å². The van der Waals surface area contributed by atoms with Crippen LogP contribution < -0.4 is 4.74 Å². The summed E-state index contributed by atoms with van der Waals surface area (Å²) < 4.78 is 6.39. The first-order valence-corrected chi connectivity index (χ1v) is 6.76. The molecule has 0 spiro atoms. The SMILES string of the molecule is COc1c(Br)c2c(c(C)c1C(C)=O)CCCC2. The van der Waals surface area contributed by atoms with Gasteiger partial charge in [-0.05, 0) is 72.2 Å². The molecule has 0 aromatic heterocycles. The standard InChI is InChI=1S/C14H17BrO2/c1-8-10-6-4-5-7-11(10)13(15)14(17-3)12(8)9(2)16/h4-7H2,1-3H3. The van der Waals surface area contributed by atoms with Gasteiger partial charge in [0.15, 0.2) is 5.78 Å². The monoisotopic (exact) mass is 296 g/mol. The van der Waals surface area contributed by atoms with E-state index in [1.807, 2.05) is 6.92 Å². The van der Waals surface area contributed by atoms with Gasteiger partial charge in [-0.25, -0.2) is 0 Å². The molecule has 0 saturated heterocycles. The van der Waals surface area contributed by atoms with Crippen molar-refractivity contribution in [3.8, 4) is 5.75 Å². The zero-order valence-electron chi connectivity index (χ0n) is 10.5. The molecule has 0 bridgehead atoms. The number of carbonyl (C=O) groups is 1. The Labute approximate surface area is 110 Å². The summed E-state index contributed by atoms with van der Waals surface area (Å²) in [6.45, 7) is 3.64. The number of benzene rings is 1. The molecule has 0 N–H and O–H groups in total. The van der Waals surface area contributed by atoms with Gasteiger partial charge >= 0.3 is 0 Å². The summed E-state index contributed by atoms with van der Waals surface area (Å²) in [6.07, 6.45) is 4.58. The fourth-order valence-corrected chi connectivity index (χ4v) is 3.54. The smallest absolute Gasteiger partial charge is 0.163 e. The highest BCUT2D eigenvalue weighted by Gasteiger charge is 2.24. The predicted octanol–water partition coefficient (Wildman–Crippen LogP) is 3.85. The summed E-state index contributed by atoms with van der Waals surface area (Å²) in [5.41, 5.74) is 4.51. The van der Waals surface area contributed by atoms with E-state index in [2.05, 4.69) is 15.9 Å². The maximum atomic E-state index is 11.8. The van der Waals surface area contributed by atoms with Crippen molar-refractivity contribution in [3.63, 3.8) is 0 Å². The van der Waals surface area contributed by atoms with Crippen LogP contribution in [-0.2, 0) is 12.8 Å². The van der Waals surface area contributed by atoms with Gasteiger partial charge in [0.05, 0.1) is 17.1 Å². The molecule has 0 saturated carbocycles. The van der Waals surface area contributed by atoms with Crippen LogP contribution in [0, 0.1) is 6.92 Å². The van der Waals surface area contributed by atoms with Crippen LogP contribution in [0.4, 0.5) is 0 Å². The molecular weight excluding hydrogens is 280 g/mol. The Morgan fingerprint density at radius 3 is 2.35 bits per heavy atom. The Bertz CT molecular complexity index is 478. The highest BCUT2D eigenvalue weighted by atomic mass is 79.9.